The molecule has 0 spiro atoms. The van der Waals surface area contributed by atoms with Crippen molar-refractivity contribution in [2.45, 2.75) is 6.92 Å². The van der Waals surface area contributed by atoms with Crippen LogP contribution < -0.4 is 19.5 Å². The van der Waals surface area contributed by atoms with Crippen LogP contribution in [0.15, 0.2) is 30.3 Å². The number of benzene rings is 2. The number of hydrogen-bond donors (Lipinski definition) is 1. The predicted molar refractivity (Wildman–Crippen MR) is 121 cm³/mol. The van der Waals surface area contributed by atoms with E-state index in [1.165, 1.54) is 17.4 Å². The number of rotatable bonds is 6. The molecule has 0 fully saturated rings. The van der Waals surface area contributed by atoms with Crippen molar-refractivity contribution >= 4 is 60.2 Å². The molecule has 0 aliphatic heterocycles. The first kappa shape index (κ1) is 20.1. The van der Waals surface area contributed by atoms with Crippen LogP contribution in [-0.2, 0) is 4.79 Å². The van der Waals surface area contributed by atoms with E-state index in [1.807, 2.05) is 19.1 Å². The van der Waals surface area contributed by atoms with Crippen LogP contribution in [0, 0.1) is 6.92 Å². The second kappa shape index (κ2) is 8.29. The van der Waals surface area contributed by atoms with Crippen LogP contribution >= 0.6 is 22.7 Å². The van der Waals surface area contributed by atoms with Crippen LogP contribution in [-0.4, -0.2) is 37.2 Å². The molecule has 0 unspecified atom stereocenters. The van der Waals surface area contributed by atoms with Crippen LogP contribution in [0.2, 0.25) is 0 Å². The van der Waals surface area contributed by atoms with Gasteiger partial charge in [0.2, 0.25) is 11.7 Å². The molecule has 2 aromatic heterocycles. The van der Waals surface area contributed by atoms with E-state index in [0.717, 1.165) is 31.0 Å². The summed E-state index contributed by atoms with van der Waals surface area (Å²) in [4.78, 5) is 21.5. The maximum absolute atomic E-state index is 12.4. The van der Waals surface area contributed by atoms with Crippen molar-refractivity contribution in [3.8, 4) is 17.2 Å². The molecule has 7 nitrogen and oxygen atoms in total. The first-order valence-corrected chi connectivity index (χ1v) is 10.6. The number of fused-ring (bicyclic) bond motifs is 3. The van der Waals surface area contributed by atoms with Crippen LogP contribution in [0.3, 0.4) is 0 Å². The minimum atomic E-state index is -0.284. The number of amides is 1. The van der Waals surface area contributed by atoms with Gasteiger partial charge in [-0.05, 0) is 42.8 Å². The standard InChI is InChI=1S/C21H19N3O4S2/c1-11-22-18-16(29-11)7-6-13-20(18)30-21(23-13)24-17(25)8-5-12-9-14(26-2)19(28-4)15(10-12)27-3/h5-10H,1-4H3,(H,23,24,25). The SMILES string of the molecule is COc1cc(C=CC(=O)Nc2nc3ccc4sc(C)nc4c3s2)cc(OC)c1OC. The van der Waals surface area contributed by atoms with Crippen LogP contribution in [0.5, 0.6) is 17.2 Å². The lowest BCUT2D eigenvalue weighted by Gasteiger charge is -2.12. The molecular weight excluding hydrogens is 422 g/mol. The number of anilines is 1. The number of ether oxygens (including phenoxy) is 3. The number of carbonyl (C=O) groups excluding carboxylic acids is 1. The minimum absolute atomic E-state index is 0.284. The molecule has 2 aromatic carbocycles. The summed E-state index contributed by atoms with van der Waals surface area (Å²) in [7, 11) is 4.64. The number of nitrogens with zero attached hydrogens (tertiary/aromatic N) is 2. The Morgan fingerprint density at radius 2 is 1.77 bits per heavy atom. The number of aromatic nitrogens is 2. The number of hydrogen-bond acceptors (Lipinski definition) is 8. The Kier molecular flexibility index (Phi) is 5.56. The summed E-state index contributed by atoms with van der Waals surface area (Å²) in [5.74, 6) is 1.25. The van der Waals surface area contributed by atoms with Crippen LogP contribution in [0.25, 0.3) is 26.5 Å². The lowest BCUT2D eigenvalue weighted by molar-refractivity contribution is -0.111. The molecule has 9 heteroatoms. The highest BCUT2D eigenvalue weighted by molar-refractivity contribution is 7.24. The molecule has 0 aliphatic rings. The van der Waals surface area contributed by atoms with Gasteiger partial charge in [0.15, 0.2) is 16.6 Å². The highest BCUT2D eigenvalue weighted by Gasteiger charge is 2.13. The average Bonchev–Trinajstić information content (AvgIpc) is 3.33. The molecule has 154 valence electrons. The van der Waals surface area contributed by atoms with Crippen LogP contribution in [0.1, 0.15) is 10.6 Å². The van der Waals surface area contributed by atoms with Crippen molar-refractivity contribution in [3.63, 3.8) is 0 Å². The molecule has 0 aliphatic carbocycles. The third-order valence-electron chi connectivity index (χ3n) is 4.37. The Morgan fingerprint density at radius 1 is 1.03 bits per heavy atom. The van der Waals surface area contributed by atoms with Crippen molar-refractivity contribution in [1.82, 2.24) is 9.97 Å². The van der Waals surface area contributed by atoms with Crippen molar-refractivity contribution in [2.75, 3.05) is 26.6 Å². The number of thiazole rings is 2. The fourth-order valence-corrected chi connectivity index (χ4v) is 4.92. The minimum Gasteiger partial charge on any atom is -0.493 e. The van der Waals surface area contributed by atoms with Gasteiger partial charge in [-0.3, -0.25) is 10.1 Å². The van der Waals surface area contributed by atoms with Gasteiger partial charge >= 0.3 is 0 Å². The van der Waals surface area contributed by atoms with Gasteiger partial charge in [0, 0.05) is 6.08 Å². The zero-order chi connectivity index (χ0) is 21.3. The van der Waals surface area contributed by atoms with E-state index in [4.69, 9.17) is 14.2 Å². The summed E-state index contributed by atoms with van der Waals surface area (Å²) in [6.07, 6.45) is 3.12. The van der Waals surface area contributed by atoms with Gasteiger partial charge in [-0.1, -0.05) is 11.3 Å². The van der Waals surface area contributed by atoms with E-state index >= 15 is 0 Å². The molecule has 2 heterocycles. The second-order valence-electron chi connectivity index (χ2n) is 6.29. The zero-order valence-corrected chi connectivity index (χ0v) is 18.4. The molecule has 1 amide bonds. The van der Waals surface area contributed by atoms with E-state index < -0.39 is 0 Å². The molecule has 4 rings (SSSR count). The third-order valence-corrected chi connectivity index (χ3v) is 6.30. The number of nitrogens with one attached hydrogen (secondary N) is 1. The Bertz CT molecular complexity index is 1250. The Balaban J connectivity index is 1.56. The van der Waals surface area contributed by atoms with Gasteiger partial charge in [-0.2, -0.15) is 0 Å². The summed E-state index contributed by atoms with van der Waals surface area (Å²) in [6, 6.07) is 7.50. The summed E-state index contributed by atoms with van der Waals surface area (Å²) in [5.41, 5.74) is 2.49. The monoisotopic (exact) mass is 441 g/mol. The molecule has 0 bridgehead atoms. The van der Waals surface area contributed by atoms with Gasteiger partial charge in [-0.15, -0.1) is 11.3 Å². The lowest BCUT2D eigenvalue weighted by atomic mass is 10.1. The molecule has 4 aromatic rings. The molecule has 30 heavy (non-hydrogen) atoms. The summed E-state index contributed by atoms with van der Waals surface area (Å²) in [6.45, 7) is 1.98. The Hall–Kier alpha value is -3.17. The van der Waals surface area contributed by atoms with Gasteiger partial charge < -0.3 is 14.2 Å². The summed E-state index contributed by atoms with van der Waals surface area (Å²) < 4.78 is 18.1. The van der Waals surface area contributed by atoms with Crippen LogP contribution in [0.4, 0.5) is 5.13 Å². The van der Waals surface area contributed by atoms with Crippen molar-refractivity contribution in [2.24, 2.45) is 0 Å². The molecular formula is C21H19N3O4S2. The van der Waals surface area contributed by atoms with E-state index in [1.54, 1.807) is 50.9 Å². The van der Waals surface area contributed by atoms with Gasteiger partial charge in [0.25, 0.3) is 0 Å². The molecule has 0 radical (unpaired) electrons. The first-order chi connectivity index (χ1) is 14.5. The summed E-state index contributed by atoms with van der Waals surface area (Å²) >= 11 is 3.06. The highest BCUT2D eigenvalue weighted by atomic mass is 32.1. The fraction of sp³-hybridized carbons (Fsp3) is 0.190. The fourth-order valence-electron chi connectivity index (χ4n) is 3.06. The van der Waals surface area contributed by atoms with E-state index in [-0.39, 0.29) is 5.91 Å². The van der Waals surface area contributed by atoms with Crippen molar-refractivity contribution in [1.29, 1.82) is 0 Å². The van der Waals surface area contributed by atoms with E-state index in [0.29, 0.717) is 22.4 Å². The third kappa shape index (κ3) is 3.81. The zero-order valence-electron chi connectivity index (χ0n) is 16.8. The number of aryl methyl sites for hydroxylation is 1. The largest absolute Gasteiger partial charge is 0.493 e. The maximum atomic E-state index is 12.4. The van der Waals surface area contributed by atoms with Gasteiger partial charge in [0.1, 0.15) is 5.52 Å². The quantitative estimate of drug-likeness (QED) is 0.429. The smallest absolute Gasteiger partial charge is 0.250 e. The molecule has 1 N–H and O–H groups in total. The number of methoxy groups -OCH3 is 3. The predicted octanol–water partition coefficient (Wildman–Crippen LogP) is 4.89. The van der Waals surface area contributed by atoms with Gasteiger partial charge in [0.05, 0.1) is 41.3 Å². The first-order valence-electron chi connectivity index (χ1n) is 8.98. The van der Waals surface area contributed by atoms with E-state index in [2.05, 4.69) is 15.3 Å². The average molecular weight is 442 g/mol. The molecule has 0 saturated heterocycles. The van der Waals surface area contributed by atoms with Crippen molar-refractivity contribution in [3.05, 3.63) is 40.9 Å². The topological polar surface area (TPSA) is 82.6 Å². The Labute approximate surface area is 180 Å². The summed E-state index contributed by atoms with van der Waals surface area (Å²) in [5, 5.41) is 4.36. The van der Waals surface area contributed by atoms with Gasteiger partial charge in [-0.25, -0.2) is 9.97 Å². The molecule has 0 atom stereocenters. The maximum Gasteiger partial charge on any atom is 0.250 e. The highest BCUT2D eigenvalue weighted by Crippen LogP contribution is 2.38. The van der Waals surface area contributed by atoms with E-state index in [9.17, 15) is 4.79 Å². The normalized spacial score (nSPS) is 11.3. The number of carbonyl (C=O) groups is 1. The van der Waals surface area contributed by atoms with Crippen molar-refractivity contribution < 1.29 is 19.0 Å². The lowest BCUT2D eigenvalue weighted by Crippen LogP contribution is -2.07. The Morgan fingerprint density at radius 3 is 2.43 bits per heavy atom. The second-order valence-corrected chi connectivity index (χ2v) is 8.53. The molecule has 0 saturated carbocycles.